The van der Waals surface area contributed by atoms with Gasteiger partial charge in [0.25, 0.3) is 0 Å². The van der Waals surface area contributed by atoms with Crippen molar-refractivity contribution in [3.8, 4) is 0 Å². The molecule has 0 radical (unpaired) electrons. The Balaban J connectivity index is 1.23. The Labute approximate surface area is 278 Å². The number of hydrogen-bond acceptors (Lipinski definition) is 8. The molecule has 10 heteroatoms. The zero-order valence-electron chi connectivity index (χ0n) is 27.6. The molecule has 4 aliphatic heterocycles. The summed E-state index contributed by atoms with van der Waals surface area (Å²) < 4.78 is 26.7. The van der Waals surface area contributed by atoms with Crippen LogP contribution in [0.2, 0.25) is 5.02 Å². The van der Waals surface area contributed by atoms with Gasteiger partial charge in [-0.25, -0.2) is 0 Å². The molecule has 3 saturated carbocycles. The summed E-state index contributed by atoms with van der Waals surface area (Å²) >= 11 is 7.05. The number of rotatable bonds is 1. The summed E-state index contributed by atoms with van der Waals surface area (Å²) in [6.45, 7) is 18.2. The molecule has 0 amide bonds. The van der Waals surface area contributed by atoms with Crippen LogP contribution < -0.4 is 0 Å². The van der Waals surface area contributed by atoms with Crippen molar-refractivity contribution in [3.63, 3.8) is 0 Å². The van der Waals surface area contributed by atoms with E-state index in [1.165, 1.54) is 0 Å². The zero-order valence-corrected chi connectivity index (χ0v) is 28.3. The second-order valence-corrected chi connectivity index (χ2v) is 17.5. The number of aliphatic hydroxyl groups excluding tert-OH is 1. The number of nitrogens with one attached hydrogen (secondary N) is 1. The average molecular weight is 666 g/mol. The van der Waals surface area contributed by atoms with Crippen LogP contribution in [-0.4, -0.2) is 72.4 Å². The number of H-pyrrole nitrogens is 1. The molecular weight excluding hydrogens is 622 g/mol. The highest BCUT2D eigenvalue weighted by atomic mass is 35.5. The summed E-state index contributed by atoms with van der Waals surface area (Å²) in [5.41, 5.74) is -1.38. The molecule has 1 aromatic heterocycles. The molecule has 5 fully saturated rings. The molecule has 13 atom stereocenters. The first-order chi connectivity index (χ1) is 21.9. The molecule has 1 spiro atoms. The van der Waals surface area contributed by atoms with Crippen LogP contribution in [-0.2, 0) is 36.4 Å². The lowest BCUT2D eigenvalue weighted by Crippen LogP contribution is -2.80. The van der Waals surface area contributed by atoms with Crippen LogP contribution in [0.1, 0.15) is 95.4 Å². The molecule has 8 aliphatic rings. The maximum absolute atomic E-state index is 13.2. The second-order valence-electron chi connectivity index (χ2n) is 17.1. The van der Waals surface area contributed by atoms with E-state index in [0.29, 0.717) is 35.6 Å². The Morgan fingerprint density at radius 2 is 1.81 bits per heavy atom. The molecule has 252 valence electrons. The number of ether oxygens (including phenoxy) is 4. The third kappa shape index (κ3) is 2.85. The van der Waals surface area contributed by atoms with Gasteiger partial charge in [-0.15, -0.1) is 0 Å². The number of aliphatic hydroxyl groups is 4. The summed E-state index contributed by atoms with van der Waals surface area (Å²) in [7, 11) is 0. The van der Waals surface area contributed by atoms with Gasteiger partial charge in [-0.1, -0.05) is 37.3 Å². The minimum Gasteiger partial charge on any atom is -0.387 e. The summed E-state index contributed by atoms with van der Waals surface area (Å²) in [6.07, 6.45) is -0.935. The fraction of sp³-hybridized carbons (Fsp3) is 0.676. The van der Waals surface area contributed by atoms with E-state index in [-0.39, 0.29) is 24.7 Å². The lowest BCUT2D eigenvalue weighted by Gasteiger charge is -2.70. The van der Waals surface area contributed by atoms with Gasteiger partial charge in [-0.05, 0) is 82.6 Å². The van der Waals surface area contributed by atoms with E-state index in [2.05, 4.69) is 18.1 Å². The van der Waals surface area contributed by atoms with Crippen LogP contribution in [0.4, 0.5) is 0 Å². The quantitative estimate of drug-likeness (QED) is 0.218. The monoisotopic (exact) mass is 665 g/mol. The maximum Gasteiger partial charge on any atom is 0.190 e. The lowest BCUT2D eigenvalue weighted by atomic mass is 9.39. The predicted molar refractivity (Wildman–Crippen MR) is 172 cm³/mol. The topological polar surface area (TPSA) is 137 Å². The number of fused-ring (bicyclic) bond motifs is 4. The standard InChI is InChI=1S/C37H44ClNO8/c1-15(2)27-26(40)29-37(45-29)22(44-27)8-9-32(6)33(7)28-24-23-20(39-28)14-19(38)17-12-16(3)18-13-21(36(18,43)25(17)23)31(4,5)46-30(24)47-35(33,42)11-10-34(32,37)41/h14,18,21-22,26-27,29-30,39-43H,1,3,8-13H2,2,4-7H3/t18-,21-,22?,26+,27-,29-,30+,32-,33-,34+,35+,36-,37+/m1/s1. The van der Waals surface area contributed by atoms with Crippen LogP contribution in [0.3, 0.4) is 0 Å². The Hall–Kier alpha value is -1.79. The number of benzene rings is 1. The maximum atomic E-state index is 13.2. The third-order valence-corrected chi connectivity index (χ3v) is 15.4. The van der Waals surface area contributed by atoms with E-state index >= 15 is 0 Å². The van der Waals surface area contributed by atoms with E-state index in [9.17, 15) is 20.4 Å². The molecule has 2 saturated heterocycles. The first kappa shape index (κ1) is 30.1. The van der Waals surface area contributed by atoms with Crippen molar-refractivity contribution in [1.29, 1.82) is 0 Å². The largest absolute Gasteiger partial charge is 0.387 e. The van der Waals surface area contributed by atoms with Crippen molar-refractivity contribution in [3.05, 3.63) is 57.8 Å². The van der Waals surface area contributed by atoms with Crippen LogP contribution in [0.5, 0.6) is 0 Å². The minimum atomic E-state index is -1.74. The number of halogens is 1. The smallest absolute Gasteiger partial charge is 0.190 e. The molecular formula is C37H44ClNO8. The normalized spacial score (nSPS) is 52.6. The Morgan fingerprint density at radius 3 is 2.53 bits per heavy atom. The van der Waals surface area contributed by atoms with Gasteiger partial charge in [0.1, 0.15) is 29.5 Å². The van der Waals surface area contributed by atoms with E-state index in [1.807, 2.05) is 40.7 Å². The van der Waals surface area contributed by atoms with Gasteiger partial charge >= 0.3 is 0 Å². The number of aromatic amines is 1. The van der Waals surface area contributed by atoms with Gasteiger partial charge in [-0.2, -0.15) is 0 Å². The van der Waals surface area contributed by atoms with Crippen molar-refractivity contribution in [2.24, 2.45) is 17.3 Å². The minimum absolute atomic E-state index is 0.101. The molecule has 47 heavy (non-hydrogen) atoms. The molecule has 9 nitrogen and oxygen atoms in total. The zero-order chi connectivity index (χ0) is 33.2. The Bertz CT molecular complexity index is 1870. The number of aromatic nitrogens is 1. The Kier molecular flexibility index (Phi) is 5.26. The molecule has 0 bridgehead atoms. The van der Waals surface area contributed by atoms with E-state index < -0.39 is 69.7 Å². The third-order valence-electron chi connectivity index (χ3n) is 15.1. The summed E-state index contributed by atoms with van der Waals surface area (Å²) in [4.78, 5) is 3.69. The summed E-state index contributed by atoms with van der Waals surface area (Å²) in [5.74, 6) is -2.11. The van der Waals surface area contributed by atoms with Crippen LogP contribution >= 0.6 is 11.6 Å². The molecule has 10 rings (SSSR count). The van der Waals surface area contributed by atoms with Gasteiger partial charge in [0.2, 0.25) is 0 Å². The van der Waals surface area contributed by atoms with Gasteiger partial charge in [0.05, 0.1) is 17.1 Å². The fourth-order valence-electron chi connectivity index (χ4n) is 12.4. The van der Waals surface area contributed by atoms with Crippen LogP contribution in [0.25, 0.3) is 10.9 Å². The Morgan fingerprint density at radius 1 is 1.06 bits per heavy atom. The molecule has 1 unspecified atom stereocenters. The highest BCUT2D eigenvalue weighted by Crippen LogP contribution is 2.76. The number of epoxide rings is 1. The number of hydrogen-bond donors (Lipinski definition) is 5. The highest BCUT2D eigenvalue weighted by Gasteiger charge is 2.88. The first-order valence-electron chi connectivity index (χ1n) is 17.2. The highest BCUT2D eigenvalue weighted by molar-refractivity contribution is 6.32. The van der Waals surface area contributed by atoms with Crippen molar-refractivity contribution in [2.45, 2.75) is 137 Å². The van der Waals surface area contributed by atoms with E-state index in [1.54, 1.807) is 0 Å². The molecule has 5 N–H and O–H groups in total. The molecule has 1 aromatic carbocycles. The molecule has 4 aliphatic carbocycles. The molecule has 2 aromatic rings. The van der Waals surface area contributed by atoms with Crippen molar-refractivity contribution >= 4 is 22.5 Å². The van der Waals surface area contributed by atoms with Gasteiger partial charge in [0.15, 0.2) is 17.7 Å². The average Bonchev–Trinajstić information content (AvgIpc) is 3.64. The van der Waals surface area contributed by atoms with E-state index in [4.69, 9.17) is 30.5 Å². The first-order valence-corrected chi connectivity index (χ1v) is 17.5. The van der Waals surface area contributed by atoms with Crippen LogP contribution in [0, 0.1) is 17.3 Å². The van der Waals surface area contributed by atoms with E-state index in [0.717, 1.165) is 39.6 Å². The second kappa shape index (κ2) is 8.22. The van der Waals surface area contributed by atoms with Crippen molar-refractivity contribution in [1.82, 2.24) is 4.98 Å². The SMILES string of the molecule is C=C(C)[C@H]1OC2CC[C@@]3(C)[C@@](O)(CC[C@]4(O)O[C@@H]5OC(C)(C)[C@H]6C[C@@H]7C(=C)Cc8c(Cl)cc9[nH]c(c5c9c8[C@@]76O)[C@]34C)[C@]23O[C@@H]3[C@H]1O. The van der Waals surface area contributed by atoms with Crippen molar-refractivity contribution in [2.75, 3.05) is 0 Å². The molecule has 5 heterocycles. The summed E-state index contributed by atoms with van der Waals surface area (Å²) in [6, 6.07) is 1.90. The van der Waals surface area contributed by atoms with Gasteiger partial charge in [0, 0.05) is 50.9 Å². The van der Waals surface area contributed by atoms with Crippen molar-refractivity contribution < 1.29 is 39.4 Å². The lowest BCUT2D eigenvalue weighted by molar-refractivity contribution is -0.407. The summed E-state index contributed by atoms with van der Waals surface area (Å²) in [5, 5.41) is 51.6. The fourth-order valence-corrected chi connectivity index (χ4v) is 12.7. The predicted octanol–water partition coefficient (Wildman–Crippen LogP) is 4.71. The van der Waals surface area contributed by atoms with Crippen LogP contribution in [0.15, 0.2) is 30.4 Å². The van der Waals surface area contributed by atoms with Gasteiger partial charge in [-0.3, -0.25) is 0 Å². The van der Waals surface area contributed by atoms with Gasteiger partial charge < -0.3 is 44.4 Å².